The molecule has 1 aromatic carbocycles. The highest BCUT2D eigenvalue weighted by Crippen LogP contribution is 2.13. The van der Waals surface area contributed by atoms with Crippen LogP contribution in [-0.4, -0.2) is 9.78 Å². The highest BCUT2D eigenvalue weighted by Gasteiger charge is 1.98. The molecule has 0 aliphatic rings. The summed E-state index contributed by atoms with van der Waals surface area (Å²) < 4.78 is 14.3. The fraction of sp³-hybridized carbons (Fsp3) is 0.125. The largest absolute Gasteiger partial charge is 0.268 e. The first-order valence-electron chi connectivity index (χ1n) is 3.34. The van der Waals surface area contributed by atoms with Gasteiger partial charge in [0.2, 0.25) is 0 Å². The number of halogens is 1. The summed E-state index contributed by atoms with van der Waals surface area (Å²) in [6.45, 7) is 0. The van der Waals surface area contributed by atoms with Crippen molar-refractivity contribution in [2.24, 2.45) is 7.05 Å². The van der Waals surface area contributed by atoms with E-state index in [1.54, 1.807) is 16.9 Å². The summed E-state index contributed by atoms with van der Waals surface area (Å²) in [6, 6.07) is 4.63. The van der Waals surface area contributed by atoms with Gasteiger partial charge in [-0.15, -0.1) is 0 Å². The molecule has 0 saturated heterocycles. The number of aromatic nitrogens is 2. The van der Waals surface area contributed by atoms with Crippen LogP contribution in [0.3, 0.4) is 0 Å². The third kappa shape index (κ3) is 0.888. The van der Waals surface area contributed by atoms with E-state index in [4.69, 9.17) is 0 Å². The van der Waals surface area contributed by atoms with Crippen molar-refractivity contribution >= 4 is 10.9 Å². The van der Waals surface area contributed by atoms with Gasteiger partial charge in [0.15, 0.2) is 0 Å². The molecule has 0 N–H and O–H groups in total. The van der Waals surface area contributed by atoms with E-state index in [0.29, 0.717) is 0 Å². The maximum Gasteiger partial charge on any atom is 0.124 e. The molecule has 1 heterocycles. The van der Waals surface area contributed by atoms with Crippen LogP contribution < -0.4 is 0 Å². The Morgan fingerprint density at radius 3 is 3.09 bits per heavy atom. The lowest BCUT2D eigenvalue weighted by Crippen LogP contribution is -1.87. The van der Waals surface area contributed by atoms with E-state index in [9.17, 15) is 4.39 Å². The third-order valence-corrected chi connectivity index (χ3v) is 1.71. The number of nitrogens with zero attached hydrogens (tertiary/aromatic N) is 2. The number of fused-ring (bicyclic) bond motifs is 1. The molecule has 0 fully saturated rings. The molecule has 3 heteroatoms. The van der Waals surface area contributed by atoms with Gasteiger partial charge < -0.3 is 0 Å². The predicted octanol–water partition coefficient (Wildman–Crippen LogP) is 1.71. The van der Waals surface area contributed by atoms with Gasteiger partial charge in [-0.25, -0.2) is 4.39 Å². The number of hydrogen-bond acceptors (Lipinski definition) is 1. The molecular formula is C8H7FN2. The lowest BCUT2D eigenvalue weighted by atomic mass is 10.2. The van der Waals surface area contributed by atoms with Crippen molar-refractivity contribution in [1.29, 1.82) is 0 Å². The first-order valence-corrected chi connectivity index (χ1v) is 3.34. The first-order chi connectivity index (χ1) is 5.27. The van der Waals surface area contributed by atoms with E-state index >= 15 is 0 Å². The molecule has 2 aromatic rings. The Labute approximate surface area is 63.3 Å². The molecular weight excluding hydrogens is 143 g/mol. The zero-order chi connectivity index (χ0) is 7.84. The van der Waals surface area contributed by atoms with Gasteiger partial charge in [-0.05, 0) is 18.2 Å². The summed E-state index contributed by atoms with van der Waals surface area (Å²) in [4.78, 5) is 0. The first kappa shape index (κ1) is 6.34. The number of aryl methyl sites for hydroxylation is 1. The minimum absolute atomic E-state index is 0.217. The Kier molecular flexibility index (Phi) is 1.18. The Balaban J connectivity index is 2.86. The molecule has 0 bridgehead atoms. The highest BCUT2D eigenvalue weighted by atomic mass is 19.1. The monoisotopic (exact) mass is 150 g/mol. The molecule has 0 aliphatic carbocycles. The van der Waals surface area contributed by atoms with Crippen molar-refractivity contribution < 1.29 is 4.39 Å². The summed E-state index contributed by atoms with van der Waals surface area (Å²) in [5, 5.41) is 4.83. The van der Waals surface area contributed by atoms with Gasteiger partial charge in [0.05, 0.1) is 11.7 Å². The maximum atomic E-state index is 12.6. The Morgan fingerprint density at radius 2 is 2.27 bits per heavy atom. The number of benzene rings is 1. The molecule has 1 aromatic heterocycles. The fourth-order valence-electron chi connectivity index (χ4n) is 1.13. The minimum Gasteiger partial charge on any atom is -0.268 e. The summed E-state index contributed by atoms with van der Waals surface area (Å²) in [6.07, 6.45) is 1.65. The Hall–Kier alpha value is -1.38. The zero-order valence-corrected chi connectivity index (χ0v) is 6.08. The second-order valence-electron chi connectivity index (χ2n) is 2.47. The van der Waals surface area contributed by atoms with E-state index in [0.717, 1.165) is 10.9 Å². The quantitative estimate of drug-likeness (QED) is 0.559. The van der Waals surface area contributed by atoms with Crippen LogP contribution in [0.15, 0.2) is 24.4 Å². The Morgan fingerprint density at radius 1 is 1.45 bits per heavy atom. The van der Waals surface area contributed by atoms with Crippen molar-refractivity contribution in [2.45, 2.75) is 0 Å². The minimum atomic E-state index is -0.217. The topological polar surface area (TPSA) is 17.8 Å². The van der Waals surface area contributed by atoms with Crippen LogP contribution >= 0.6 is 0 Å². The molecule has 0 saturated carbocycles. The van der Waals surface area contributed by atoms with E-state index in [1.807, 2.05) is 7.05 Å². The van der Waals surface area contributed by atoms with Crippen molar-refractivity contribution in [3.63, 3.8) is 0 Å². The van der Waals surface area contributed by atoms with Crippen LogP contribution in [0.25, 0.3) is 10.9 Å². The molecule has 0 atom stereocenters. The third-order valence-electron chi connectivity index (χ3n) is 1.71. The van der Waals surface area contributed by atoms with E-state index < -0.39 is 0 Å². The van der Waals surface area contributed by atoms with Gasteiger partial charge in [0.25, 0.3) is 0 Å². The zero-order valence-electron chi connectivity index (χ0n) is 6.08. The van der Waals surface area contributed by atoms with Crippen molar-refractivity contribution in [3.8, 4) is 0 Å². The standard InChI is InChI=1S/C8H7FN2/c1-11-8-3-2-7(9)4-6(8)5-10-11/h2-5H,1H3. The molecule has 0 unspecified atom stereocenters. The van der Waals surface area contributed by atoms with Crippen molar-refractivity contribution in [1.82, 2.24) is 9.78 Å². The molecule has 2 rings (SSSR count). The SMILES string of the molecule is Cn1ncc2cc(F)ccc21. The van der Waals surface area contributed by atoms with Gasteiger partial charge in [0.1, 0.15) is 5.82 Å². The fourth-order valence-corrected chi connectivity index (χ4v) is 1.13. The highest BCUT2D eigenvalue weighted by molar-refractivity contribution is 5.78. The maximum absolute atomic E-state index is 12.6. The molecule has 56 valence electrons. The Bertz CT molecular complexity index is 392. The molecule has 0 radical (unpaired) electrons. The second kappa shape index (κ2) is 2.05. The second-order valence-corrected chi connectivity index (χ2v) is 2.47. The summed E-state index contributed by atoms with van der Waals surface area (Å²) in [5.74, 6) is -0.217. The molecule has 0 aliphatic heterocycles. The molecule has 2 nitrogen and oxygen atoms in total. The van der Waals surface area contributed by atoms with E-state index in [2.05, 4.69) is 5.10 Å². The van der Waals surface area contributed by atoms with Crippen LogP contribution in [-0.2, 0) is 7.05 Å². The van der Waals surface area contributed by atoms with Crippen LogP contribution in [0.5, 0.6) is 0 Å². The van der Waals surface area contributed by atoms with Crippen LogP contribution in [0.2, 0.25) is 0 Å². The van der Waals surface area contributed by atoms with E-state index in [1.165, 1.54) is 12.1 Å². The normalized spacial score (nSPS) is 10.7. The predicted molar refractivity (Wildman–Crippen MR) is 40.7 cm³/mol. The summed E-state index contributed by atoms with van der Waals surface area (Å²) in [5.41, 5.74) is 0.950. The van der Waals surface area contributed by atoms with Gasteiger partial charge >= 0.3 is 0 Å². The summed E-state index contributed by atoms with van der Waals surface area (Å²) in [7, 11) is 1.83. The van der Waals surface area contributed by atoms with Crippen molar-refractivity contribution in [2.75, 3.05) is 0 Å². The van der Waals surface area contributed by atoms with Gasteiger partial charge in [0, 0.05) is 12.4 Å². The van der Waals surface area contributed by atoms with Crippen LogP contribution in [0.4, 0.5) is 4.39 Å². The average Bonchev–Trinajstić information content (AvgIpc) is 2.32. The molecule has 0 amide bonds. The molecule has 11 heavy (non-hydrogen) atoms. The van der Waals surface area contributed by atoms with Gasteiger partial charge in [-0.1, -0.05) is 0 Å². The lowest BCUT2D eigenvalue weighted by molar-refractivity contribution is 0.629. The van der Waals surface area contributed by atoms with E-state index in [-0.39, 0.29) is 5.82 Å². The van der Waals surface area contributed by atoms with Crippen LogP contribution in [0.1, 0.15) is 0 Å². The smallest absolute Gasteiger partial charge is 0.124 e. The van der Waals surface area contributed by atoms with Crippen molar-refractivity contribution in [3.05, 3.63) is 30.2 Å². The van der Waals surface area contributed by atoms with Crippen LogP contribution in [0, 0.1) is 5.82 Å². The lowest BCUT2D eigenvalue weighted by Gasteiger charge is -1.92. The average molecular weight is 150 g/mol. The summed E-state index contributed by atoms with van der Waals surface area (Å²) >= 11 is 0. The van der Waals surface area contributed by atoms with Gasteiger partial charge in [-0.3, -0.25) is 4.68 Å². The number of hydrogen-bond donors (Lipinski definition) is 0. The van der Waals surface area contributed by atoms with Gasteiger partial charge in [-0.2, -0.15) is 5.10 Å². The molecule has 0 spiro atoms. The number of rotatable bonds is 0.